The van der Waals surface area contributed by atoms with Crippen molar-refractivity contribution >= 4 is 99.1 Å². The Labute approximate surface area is 287 Å². The molecular weight excluding hydrogens is 575 g/mol. The van der Waals surface area contributed by atoms with E-state index in [2.05, 4.69) is 172 Å². The topological polar surface area (TPSA) is 17.8 Å². The van der Waals surface area contributed by atoms with Crippen LogP contribution in [0.25, 0.3) is 71.6 Å². The fourth-order valence-corrected chi connectivity index (χ4v) is 7.95. The number of hydrogen-bond donors (Lipinski definition) is 0. The lowest BCUT2D eigenvalue weighted by atomic mass is 9.59. The Morgan fingerprint density at radius 3 is 1.62 bits per heavy atom. The van der Waals surface area contributed by atoms with Gasteiger partial charge in [0.25, 0.3) is 0 Å². The molecule has 0 fully saturated rings. The van der Waals surface area contributed by atoms with E-state index in [-0.39, 0.29) is 0 Å². The Kier molecular flexibility index (Phi) is 7.44. The summed E-state index contributed by atoms with van der Waals surface area (Å²) in [5.41, 5.74) is 17.8. The maximum absolute atomic E-state index is 5.04. The van der Waals surface area contributed by atoms with E-state index in [4.69, 9.17) is 4.98 Å². The largest absolute Gasteiger partial charge is 0.296 e. The van der Waals surface area contributed by atoms with Crippen LogP contribution in [0.1, 0.15) is 12.7 Å². The zero-order valence-electron chi connectivity index (χ0n) is 28.6. The van der Waals surface area contributed by atoms with Gasteiger partial charge in [-0.3, -0.25) is 4.57 Å². The number of hydrogen-bond acceptors (Lipinski definition) is 1. The van der Waals surface area contributed by atoms with Gasteiger partial charge >= 0.3 is 0 Å². The number of nitrogens with zero attached hydrogens (tertiary/aromatic N) is 2. The molecule has 0 radical (unpaired) electrons. The van der Waals surface area contributed by atoms with E-state index in [9.17, 15) is 0 Å². The molecule has 0 aliphatic heterocycles. The molecule has 0 atom stereocenters. The standard InChI is InChI=1S/C41H35B5N2/c1-2-33-47-30-19-8-10-21-32(30)48(33)31-20-9-7-18-29(31)36-27-16-5-3-14-25(27)34(26-15-4-6-17-28(26)36)23-12-11-13-24(22-23)35-37(42)39(44)41(46)40(45)38(35)43/h3-22H,2,42-46H2,1H3. The number of rotatable bonds is 5. The van der Waals surface area contributed by atoms with Gasteiger partial charge in [-0.2, -0.15) is 0 Å². The minimum absolute atomic E-state index is 0.846. The Morgan fingerprint density at radius 2 is 1.00 bits per heavy atom. The zero-order valence-corrected chi connectivity index (χ0v) is 28.6. The van der Waals surface area contributed by atoms with Crippen molar-refractivity contribution in [2.75, 3.05) is 0 Å². The molecular formula is C41H35B5N2. The predicted molar refractivity (Wildman–Crippen MR) is 223 cm³/mol. The monoisotopic (exact) mass is 610 g/mol. The van der Waals surface area contributed by atoms with Crippen molar-refractivity contribution in [3.05, 3.63) is 127 Å². The molecule has 0 aliphatic rings. The number of aromatic nitrogens is 2. The quantitative estimate of drug-likeness (QED) is 0.216. The maximum Gasteiger partial charge on any atom is 0.139 e. The van der Waals surface area contributed by atoms with E-state index >= 15 is 0 Å². The lowest BCUT2D eigenvalue weighted by molar-refractivity contribution is 0.909. The third kappa shape index (κ3) is 4.59. The van der Waals surface area contributed by atoms with Gasteiger partial charge in [-0.25, -0.2) is 4.98 Å². The van der Waals surface area contributed by atoms with Gasteiger partial charge in [0.15, 0.2) is 0 Å². The predicted octanol–water partition coefficient (Wildman–Crippen LogP) is 2.19. The second-order valence-corrected chi connectivity index (χ2v) is 13.1. The molecule has 0 unspecified atom stereocenters. The average molecular weight is 610 g/mol. The number of para-hydroxylation sites is 3. The highest BCUT2D eigenvalue weighted by molar-refractivity contribution is 6.68. The maximum atomic E-state index is 5.04. The molecule has 1 heterocycles. The van der Waals surface area contributed by atoms with Crippen LogP contribution < -0.4 is 27.3 Å². The van der Waals surface area contributed by atoms with E-state index in [1.165, 1.54) is 82.2 Å². The van der Waals surface area contributed by atoms with Crippen LogP contribution in [0, 0.1) is 0 Å². The van der Waals surface area contributed by atoms with Crippen LogP contribution in [0.2, 0.25) is 0 Å². The molecule has 8 rings (SSSR count). The van der Waals surface area contributed by atoms with Crippen molar-refractivity contribution < 1.29 is 0 Å². The molecule has 0 saturated carbocycles. The minimum Gasteiger partial charge on any atom is -0.296 e. The molecule has 0 spiro atoms. The summed E-state index contributed by atoms with van der Waals surface area (Å²) in [4.78, 5) is 5.04. The molecule has 0 amide bonds. The van der Waals surface area contributed by atoms with Crippen LogP contribution in [-0.4, -0.2) is 48.8 Å². The third-order valence-electron chi connectivity index (χ3n) is 10.7. The normalized spacial score (nSPS) is 11.5. The molecule has 1 aromatic heterocycles. The first-order chi connectivity index (χ1) is 23.4. The van der Waals surface area contributed by atoms with Gasteiger partial charge in [0.1, 0.15) is 45.1 Å². The van der Waals surface area contributed by atoms with Crippen LogP contribution in [0.5, 0.6) is 0 Å². The van der Waals surface area contributed by atoms with Crippen molar-refractivity contribution in [3.63, 3.8) is 0 Å². The summed E-state index contributed by atoms with van der Waals surface area (Å²) in [6, 6.07) is 44.5. The summed E-state index contributed by atoms with van der Waals surface area (Å²) >= 11 is 0. The number of fused-ring (bicyclic) bond motifs is 3. The highest BCUT2D eigenvalue weighted by Gasteiger charge is 2.21. The highest BCUT2D eigenvalue weighted by atomic mass is 15.1. The van der Waals surface area contributed by atoms with Crippen molar-refractivity contribution in [2.45, 2.75) is 13.3 Å². The van der Waals surface area contributed by atoms with E-state index in [0.717, 1.165) is 29.0 Å². The summed E-state index contributed by atoms with van der Waals surface area (Å²) in [5, 5.41) is 5.02. The van der Waals surface area contributed by atoms with Crippen LogP contribution in [0.4, 0.5) is 0 Å². The van der Waals surface area contributed by atoms with Gasteiger partial charge in [-0.15, -0.1) is 16.4 Å². The van der Waals surface area contributed by atoms with E-state index in [0.29, 0.717) is 0 Å². The molecule has 0 aliphatic carbocycles. The van der Waals surface area contributed by atoms with Crippen molar-refractivity contribution in [3.8, 4) is 39.1 Å². The summed E-state index contributed by atoms with van der Waals surface area (Å²) in [6.45, 7) is 2.19. The van der Waals surface area contributed by atoms with Crippen molar-refractivity contribution in [1.29, 1.82) is 0 Å². The van der Waals surface area contributed by atoms with E-state index in [1.807, 2.05) is 0 Å². The van der Waals surface area contributed by atoms with E-state index < -0.39 is 0 Å². The lowest BCUT2D eigenvalue weighted by Crippen LogP contribution is -2.55. The number of aryl methyl sites for hydroxylation is 1. The Bertz CT molecular complexity index is 2480. The van der Waals surface area contributed by atoms with Crippen LogP contribution in [0.3, 0.4) is 0 Å². The lowest BCUT2D eigenvalue weighted by Gasteiger charge is -2.22. The molecule has 48 heavy (non-hydrogen) atoms. The summed E-state index contributed by atoms with van der Waals surface area (Å²) in [7, 11) is 11.3. The smallest absolute Gasteiger partial charge is 0.139 e. The Morgan fingerprint density at radius 1 is 0.500 bits per heavy atom. The Hall–Kier alpha value is -5.15. The van der Waals surface area contributed by atoms with Crippen molar-refractivity contribution in [1.82, 2.24) is 9.55 Å². The zero-order chi connectivity index (χ0) is 33.1. The highest BCUT2D eigenvalue weighted by Crippen LogP contribution is 2.45. The van der Waals surface area contributed by atoms with E-state index in [1.54, 1.807) is 0 Å². The third-order valence-corrected chi connectivity index (χ3v) is 10.7. The van der Waals surface area contributed by atoms with Gasteiger partial charge in [0.2, 0.25) is 0 Å². The first-order valence-corrected chi connectivity index (χ1v) is 17.1. The molecule has 8 aromatic rings. The number of imidazole rings is 1. The summed E-state index contributed by atoms with van der Waals surface area (Å²) < 4.78 is 2.36. The molecule has 0 bridgehead atoms. The van der Waals surface area contributed by atoms with Crippen LogP contribution in [0.15, 0.2) is 121 Å². The van der Waals surface area contributed by atoms with Gasteiger partial charge in [0, 0.05) is 12.0 Å². The number of benzene rings is 7. The molecule has 2 nitrogen and oxygen atoms in total. The summed E-state index contributed by atoms with van der Waals surface area (Å²) in [5.74, 6) is 1.07. The van der Waals surface area contributed by atoms with Gasteiger partial charge in [-0.05, 0) is 73.6 Å². The molecule has 7 heteroatoms. The fraction of sp³-hybridized carbons (Fsp3) is 0.0488. The molecule has 0 N–H and O–H groups in total. The summed E-state index contributed by atoms with van der Waals surface area (Å²) in [6.07, 6.45) is 0.846. The van der Waals surface area contributed by atoms with Crippen LogP contribution in [-0.2, 0) is 6.42 Å². The molecule has 224 valence electrons. The second kappa shape index (κ2) is 11.8. The molecule has 0 saturated heterocycles. The van der Waals surface area contributed by atoms with Crippen LogP contribution >= 0.6 is 0 Å². The average Bonchev–Trinajstić information content (AvgIpc) is 3.51. The van der Waals surface area contributed by atoms with Gasteiger partial charge in [0.05, 0.1) is 16.7 Å². The SMILES string of the molecule is Bc1c(B)c(B)c(-c2cccc(-c3c4ccccc4c(-c4ccccc4-n4c(CC)nc5ccccc54)c4ccccc34)c2)c(B)c1B. The second-order valence-electron chi connectivity index (χ2n) is 13.1. The fourth-order valence-electron chi connectivity index (χ4n) is 7.95. The Balaban J connectivity index is 1.43. The molecule has 7 aromatic carbocycles. The van der Waals surface area contributed by atoms with Crippen molar-refractivity contribution in [2.24, 2.45) is 0 Å². The first kappa shape index (κ1) is 30.2. The first-order valence-electron chi connectivity index (χ1n) is 17.1. The van der Waals surface area contributed by atoms with Gasteiger partial charge in [-0.1, -0.05) is 115 Å². The minimum atomic E-state index is 0.846. The van der Waals surface area contributed by atoms with Gasteiger partial charge < -0.3 is 0 Å².